The SMILES string of the molecule is Fc1ccc(CN(Cc2ccc(F)cc2)C2CCN(CCNc3ccnc4cc(Cl)ccc34)CC2)cc1. The Hall–Kier alpha value is -3.06. The number of fused-ring (bicyclic) bond motifs is 1. The Balaban J connectivity index is 1.17. The monoisotopic (exact) mass is 520 g/mol. The van der Waals surface area contributed by atoms with Gasteiger partial charge in [-0.25, -0.2) is 8.78 Å². The summed E-state index contributed by atoms with van der Waals surface area (Å²) < 4.78 is 26.9. The summed E-state index contributed by atoms with van der Waals surface area (Å²) in [6.07, 6.45) is 3.92. The van der Waals surface area contributed by atoms with Crippen molar-refractivity contribution < 1.29 is 8.78 Å². The van der Waals surface area contributed by atoms with E-state index >= 15 is 0 Å². The van der Waals surface area contributed by atoms with Gasteiger partial charge in [0.25, 0.3) is 0 Å². The molecule has 1 aliphatic rings. The van der Waals surface area contributed by atoms with Crippen molar-refractivity contribution in [1.82, 2.24) is 14.8 Å². The largest absolute Gasteiger partial charge is 0.383 e. The summed E-state index contributed by atoms with van der Waals surface area (Å²) in [5, 5.41) is 5.33. The molecule has 0 unspecified atom stereocenters. The highest BCUT2D eigenvalue weighted by Gasteiger charge is 2.25. The molecule has 37 heavy (non-hydrogen) atoms. The molecule has 5 rings (SSSR count). The van der Waals surface area contributed by atoms with E-state index in [0.717, 1.165) is 79.8 Å². The molecular weight excluding hydrogens is 490 g/mol. The lowest BCUT2D eigenvalue weighted by atomic mass is 10.0. The zero-order valence-electron chi connectivity index (χ0n) is 20.7. The Kier molecular flexibility index (Phi) is 8.29. The molecule has 7 heteroatoms. The van der Waals surface area contributed by atoms with Crippen LogP contribution in [0.25, 0.3) is 10.9 Å². The number of nitrogens with one attached hydrogen (secondary N) is 1. The third-order valence-corrected chi connectivity index (χ3v) is 7.35. The lowest BCUT2D eigenvalue weighted by Crippen LogP contribution is -2.45. The molecule has 3 aromatic carbocycles. The van der Waals surface area contributed by atoms with Crippen LogP contribution in [0.2, 0.25) is 5.02 Å². The van der Waals surface area contributed by atoms with Crippen LogP contribution in [0.4, 0.5) is 14.5 Å². The fourth-order valence-corrected chi connectivity index (χ4v) is 5.26. The van der Waals surface area contributed by atoms with Gasteiger partial charge in [-0.2, -0.15) is 0 Å². The van der Waals surface area contributed by atoms with Crippen molar-refractivity contribution in [3.63, 3.8) is 0 Å². The summed E-state index contributed by atoms with van der Waals surface area (Å²) in [4.78, 5) is 9.36. The van der Waals surface area contributed by atoms with E-state index in [4.69, 9.17) is 11.6 Å². The molecule has 1 aliphatic heterocycles. The standard InChI is InChI=1S/C30H31ClF2N4/c31-24-5-10-28-29(11-14-34-30(28)19-24)35-15-18-36-16-12-27(13-17-36)37(20-22-1-6-25(32)7-2-22)21-23-3-8-26(33)9-4-23/h1-11,14,19,27H,12-13,15-18,20-21H2,(H,34,35). The molecule has 1 aromatic heterocycles. The molecule has 4 nitrogen and oxygen atoms in total. The molecule has 1 N–H and O–H groups in total. The number of pyridine rings is 1. The minimum Gasteiger partial charge on any atom is -0.383 e. The van der Waals surface area contributed by atoms with Gasteiger partial charge in [0, 0.05) is 54.5 Å². The normalized spacial score (nSPS) is 14.9. The minimum atomic E-state index is -0.223. The Morgan fingerprint density at radius 1 is 0.865 bits per heavy atom. The van der Waals surface area contributed by atoms with Crippen LogP contribution in [-0.4, -0.2) is 47.0 Å². The molecular formula is C30H31ClF2N4. The summed E-state index contributed by atoms with van der Waals surface area (Å²) in [5.41, 5.74) is 4.13. The molecule has 1 fully saturated rings. The Labute approximate surface area is 221 Å². The molecule has 0 saturated carbocycles. The highest BCUT2D eigenvalue weighted by atomic mass is 35.5. The number of rotatable bonds is 9. The number of aromatic nitrogens is 1. The summed E-state index contributed by atoms with van der Waals surface area (Å²) in [5.74, 6) is -0.446. The molecule has 0 aliphatic carbocycles. The Morgan fingerprint density at radius 2 is 1.49 bits per heavy atom. The van der Waals surface area contributed by atoms with E-state index in [-0.39, 0.29) is 11.6 Å². The van der Waals surface area contributed by atoms with E-state index in [2.05, 4.69) is 20.1 Å². The van der Waals surface area contributed by atoms with E-state index in [1.54, 1.807) is 0 Å². The van der Waals surface area contributed by atoms with E-state index in [1.807, 2.05) is 54.7 Å². The topological polar surface area (TPSA) is 31.4 Å². The van der Waals surface area contributed by atoms with Gasteiger partial charge < -0.3 is 10.2 Å². The first-order valence-corrected chi connectivity index (χ1v) is 13.1. The number of likely N-dealkylation sites (tertiary alicyclic amines) is 1. The van der Waals surface area contributed by atoms with E-state index in [9.17, 15) is 8.78 Å². The van der Waals surface area contributed by atoms with E-state index in [1.165, 1.54) is 24.3 Å². The summed E-state index contributed by atoms with van der Waals surface area (Å²) in [7, 11) is 0. The van der Waals surface area contributed by atoms with Gasteiger partial charge in [-0.05, 0) is 85.6 Å². The molecule has 0 bridgehead atoms. The average Bonchev–Trinajstić information content (AvgIpc) is 2.91. The number of anilines is 1. The molecule has 0 spiro atoms. The van der Waals surface area contributed by atoms with Crippen molar-refractivity contribution in [2.24, 2.45) is 0 Å². The third kappa shape index (κ3) is 6.83. The fraction of sp³-hybridized carbons (Fsp3) is 0.300. The van der Waals surface area contributed by atoms with Crippen molar-refractivity contribution in [3.05, 3.63) is 107 Å². The van der Waals surface area contributed by atoms with Gasteiger partial charge in [-0.3, -0.25) is 9.88 Å². The molecule has 4 aromatic rings. The maximum atomic E-state index is 13.4. The summed E-state index contributed by atoms with van der Waals surface area (Å²) in [6, 6.07) is 21.7. The van der Waals surface area contributed by atoms with Crippen LogP contribution in [0.15, 0.2) is 79.0 Å². The van der Waals surface area contributed by atoms with Crippen LogP contribution in [0, 0.1) is 11.6 Å². The average molecular weight is 521 g/mol. The second kappa shape index (κ2) is 12.0. The van der Waals surface area contributed by atoms with Gasteiger partial charge in [0.2, 0.25) is 0 Å². The quantitative estimate of drug-likeness (QED) is 0.265. The highest BCUT2D eigenvalue weighted by Crippen LogP contribution is 2.25. The fourth-order valence-electron chi connectivity index (χ4n) is 5.09. The predicted octanol–water partition coefficient (Wildman–Crippen LogP) is 6.75. The van der Waals surface area contributed by atoms with Crippen molar-refractivity contribution in [2.75, 3.05) is 31.5 Å². The summed E-state index contributed by atoms with van der Waals surface area (Å²) in [6.45, 7) is 5.32. The van der Waals surface area contributed by atoms with Gasteiger partial charge in [-0.1, -0.05) is 35.9 Å². The first kappa shape index (κ1) is 25.6. The predicted molar refractivity (Wildman–Crippen MR) is 147 cm³/mol. The second-order valence-electron chi connectivity index (χ2n) is 9.68. The molecule has 0 amide bonds. The zero-order chi connectivity index (χ0) is 25.6. The molecule has 192 valence electrons. The maximum Gasteiger partial charge on any atom is 0.123 e. The number of benzene rings is 3. The second-order valence-corrected chi connectivity index (χ2v) is 10.1. The Bertz CT molecular complexity index is 1260. The van der Waals surface area contributed by atoms with Crippen LogP contribution < -0.4 is 5.32 Å². The summed E-state index contributed by atoms with van der Waals surface area (Å²) >= 11 is 6.11. The van der Waals surface area contributed by atoms with Crippen molar-refractivity contribution in [1.29, 1.82) is 0 Å². The van der Waals surface area contributed by atoms with Crippen molar-refractivity contribution in [2.45, 2.75) is 32.0 Å². The number of hydrogen-bond donors (Lipinski definition) is 1. The Morgan fingerprint density at radius 3 is 2.11 bits per heavy atom. The van der Waals surface area contributed by atoms with Gasteiger partial charge in [0.15, 0.2) is 0 Å². The van der Waals surface area contributed by atoms with Gasteiger partial charge in [0.05, 0.1) is 5.52 Å². The number of piperidine rings is 1. The zero-order valence-corrected chi connectivity index (χ0v) is 21.5. The van der Waals surface area contributed by atoms with Crippen LogP contribution >= 0.6 is 11.6 Å². The molecule has 0 radical (unpaired) electrons. The van der Waals surface area contributed by atoms with E-state index in [0.29, 0.717) is 11.1 Å². The molecule has 0 atom stereocenters. The smallest absolute Gasteiger partial charge is 0.123 e. The highest BCUT2D eigenvalue weighted by molar-refractivity contribution is 6.31. The van der Waals surface area contributed by atoms with Gasteiger partial charge in [0.1, 0.15) is 11.6 Å². The van der Waals surface area contributed by atoms with Gasteiger partial charge in [-0.15, -0.1) is 0 Å². The third-order valence-electron chi connectivity index (χ3n) is 7.12. The van der Waals surface area contributed by atoms with Crippen molar-refractivity contribution >= 4 is 28.2 Å². The minimum absolute atomic E-state index is 0.223. The number of halogens is 3. The van der Waals surface area contributed by atoms with E-state index < -0.39 is 0 Å². The first-order valence-electron chi connectivity index (χ1n) is 12.8. The van der Waals surface area contributed by atoms with Crippen LogP contribution in [0.1, 0.15) is 24.0 Å². The van der Waals surface area contributed by atoms with Gasteiger partial charge >= 0.3 is 0 Å². The number of nitrogens with zero attached hydrogens (tertiary/aromatic N) is 3. The maximum absolute atomic E-state index is 13.4. The number of hydrogen-bond acceptors (Lipinski definition) is 4. The van der Waals surface area contributed by atoms with Crippen LogP contribution in [0.5, 0.6) is 0 Å². The molecule has 1 saturated heterocycles. The lowest BCUT2D eigenvalue weighted by molar-refractivity contribution is 0.0984. The van der Waals surface area contributed by atoms with Crippen LogP contribution in [0.3, 0.4) is 0 Å². The lowest BCUT2D eigenvalue weighted by Gasteiger charge is -2.39. The molecule has 2 heterocycles. The van der Waals surface area contributed by atoms with Crippen LogP contribution in [-0.2, 0) is 13.1 Å². The van der Waals surface area contributed by atoms with Crippen molar-refractivity contribution in [3.8, 4) is 0 Å². The first-order chi connectivity index (χ1) is 18.0.